The molecule has 13 heavy (non-hydrogen) atoms. The van der Waals surface area contributed by atoms with Crippen molar-refractivity contribution in [2.45, 2.75) is 25.8 Å². The molecule has 2 aromatic rings. The third-order valence-corrected chi connectivity index (χ3v) is 2.88. The molecule has 1 heterocycles. The van der Waals surface area contributed by atoms with Crippen LogP contribution in [0.2, 0.25) is 0 Å². The summed E-state index contributed by atoms with van der Waals surface area (Å²) in [6.07, 6.45) is 5.01. The van der Waals surface area contributed by atoms with Crippen LogP contribution >= 0.6 is 0 Å². The summed E-state index contributed by atoms with van der Waals surface area (Å²) in [5.74, 6) is 0. The van der Waals surface area contributed by atoms with E-state index in [-0.39, 0.29) is 0 Å². The summed E-state index contributed by atoms with van der Waals surface area (Å²) in [4.78, 5) is 0. The lowest BCUT2D eigenvalue weighted by atomic mass is 10.2. The van der Waals surface area contributed by atoms with Crippen LogP contribution in [0.15, 0.2) is 30.5 Å². The smallest absolute Gasteiger partial charge is 0.0485 e. The van der Waals surface area contributed by atoms with E-state index >= 15 is 0 Å². The van der Waals surface area contributed by atoms with Crippen LogP contribution in [0.3, 0.4) is 0 Å². The van der Waals surface area contributed by atoms with Crippen LogP contribution in [-0.4, -0.2) is 4.57 Å². The number of benzene rings is 1. The van der Waals surface area contributed by atoms with Gasteiger partial charge in [-0.15, -0.1) is 0 Å². The fourth-order valence-electron chi connectivity index (χ4n) is 2.03. The highest BCUT2D eigenvalue weighted by Gasteiger charge is 2.24. The Hall–Kier alpha value is -1.24. The number of para-hydroxylation sites is 1. The quantitative estimate of drug-likeness (QED) is 0.620. The van der Waals surface area contributed by atoms with Crippen LogP contribution < -0.4 is 0 Å². The SMILES string of the molecule is Cc1cn(C2CC2)c2ccccc12. The molecule has 1 aromatic heterocycles. The van der Waals surface area contributed by atoms with Crippen molar-refractivity contribution in [3.05, 3.63) is 36.0 Å². The van der Waals surface area contributed by atoms with E-state index in [0.29, 0.717) is 0 Å². The molecule has 1 fully saturated rings. The normalized spacial score (nSPS) is 16.7. The monoisotopic (exact) mass is 171 g/mol. The van der Waals surface area contributed by atoms with Crippen molar-refractivity contribution in [1.82, 2.24) is 4.57 Å². The van der Waals surface area contributed by atoms with Gasteiger partial charge in [-0.3, -0.25) is 0 Å². The van der Waals surface area contributed by atoms with Gasteiger partial charge in [0.2, 0.25) is 0 Å². The van der Waals surface area contributed by atoms with Crippen molar-refractivity contribution in [1.29, 1.82) is 0 Å². The van der Waals surface area contributed by atoms with Crippen LogP contribution in [0.5, 0.6) is 0 Å². The van der Waals surface area contributed by atoms with Crippen molar-refractivity contribution in [3.8, 4) is 0 Å². The minimum absolute atomic E-state index is 0.790. The first kappa shape index (κ1) is 7.19. The summed E-state index contributed by atoms with van der Waals surface area (Å²) in [7, 11) is 0. The van der Waals surface area contributed by atoms with E-state index in [1.165, 1.54) is 29.3 Å². The molecule has 0 atom stereocenters. The number of aryl methyl sites for hydroxylation is 1. The number of fused-ring (bicyclic) bond motifs is 1. The van der Waals surface area contributed by atoms with Crippen molar-refractivity contribution < 1.29 is 0 Å². The van der Waals surface area contributed by atoms with Gasteiger partial charge in [0.1, 0.15) is 0 Å². The number of aromatic nitrogens is 1. The van der Waals surface area contributed by atoms with Crippen LogP contribution in [0.4, 0.5) is 0 Å². The molecule has 0 amide bonds. The molecule has 0 spiro atoms. The van der Waals surface area contributed by atoms with Gasteiger partial charge in [0, 0.05) is 23.1 Å². The predicted molar refractivity (Wildman–Crippen MR) is 54.9 cm³/mol. The second kappa shape index (κ2) is 2.38. The lowest BCUT2D eigenvalue weighted by Gasteiger charge is -2.00. The highest BCUT2D eigenvalue weighted by molar-refractivity contribution is 5.83. The molecule has 3 rings (SSSR count). The van der Waals surface area contributed by atoms with Gasteiger partial charge in [-0.1, -0.05) is 18.2 Å². The van der Waals surface area contributed by atoms with Gasteiger partial charge in [0.15, 0.2) is 0 Å². The molecule has 0 unspecified atom stereocenters. The Morgan fingerprint density at radius 2 is 2.00 bits per heavy atom. The highest BCUT2D eigenvalue weighted by Crippen LogP contribution is 2.38. The average Bonchev–Trinajstić information content (AvgIpc) is 2.94. The largest absolute Gasteiger partial charge is 0.344 e. The summed E-state index contributed by atoms with van der Waals surface area (Å²) in [5.41, 5.74) is 2.81. The second-order valence-electron chi connectivity index (χ2n) is 3.97. The Morgan fingerprint density at radius 3 is 2.77 bits per heavy atom. The Morgan fingerprint density at radius 1 is 1.23 bits per heavy atom. The highest BCUT2D eigenvalue weighted by atomic mass is 15.0. The van der Waals surface area contributed by atoms with Crippen LogP contribution in [0, 0.1) is 6.92 Å². The Labute approximate surface area is 78.0 Å². The zero-order valence-electron chi connectivity index (χ0n) is 7.83. The van der Waals surface area contributed by atoms with Gasteiger partial charge in [0.25, 0.3) is 0 Å². The van der Waals surface area contributed by atoms with Gasteiger partial charge in [-0.25, -0.2) is 0 Å². The summed E-state index contributed by atoms with van der Waals surface area (Å²) < 4.78 is 2.44. The maximum absolute atomic E-state index is 2.44. The molecule has 1 aromatic carbocycles. The number of hydrogen-bond donors (Lipinski definition) is 0. The molecule has 1 saturated carbocycles. The first-order valence-electron chi connectivity index (χ1n) is 4.92. The topological polar surface area (TPSA) is 4.93 Å². The molecule has 0 aliphatic heterocycles. The van der Waals surface area contributed by atoms with Crippen molar-refractivity contribution in [2.24, 2.45) is 0 Å². The zero-order chi connectivity index (χ0) is 8.84. The van der Waals surface area contributed by atoms with Crippen molar-refractivity contribution in [2.75, 3.05) is 0 Å². The van der Waals surface area contributed by atoms with Gasteiger partial charge in [-0.2, -0.15) is 0 Å². The Balaban J connectivity index is 2.34. The molecule has 1 heteroatoms. The van der Waals surface area contributed by atoms with Crippen molar-refractivity contribution >= 4 is 10.9 Å². The van der Waals surface area contributed by atoms with Crippen LogP contribution in [0.1, 0.15) is 24.4 Å². The van der Waals surface area contributed by atoms with E-state index in [0.717, 1.165) is 6.04 Å². The fourth-order valence-corrected chi connectivity index (χ4v) is 2.03. The standard InChI is InChI=1S/C12H13N/c1-9-8-13(10-6-7-10)12-5-3-2-4-11(9)12/h2-5,8,10H,6-7H2,1H3. The third-order valence-electron chi connectivity index (χ3n) is 2.88. The minimum atomic E-state index is 0.790. The maximum Gasteiger partial charge on any atom is 0.0485 e. The molecular formula is C12H13N. The summed E-state index contributed by atoms with van der Waals surface area (Å²) >= 11 is 0. The Bertz CT molecular complexity index is 449. The van der Waals surface area contributed by atoms with Gasteiger partial charge >= 0.3 is 0 Å². The first-order valence-corrected chi connectivity index (χ1v) is 4.92. The molecular weight excluding hydrogens is 158 g/mol. The van der Waals surface area contributed by atoms with E-state index in [9.17, 15) is 0 Å². The fraction of sp³-hybridized carbons (Fsp3) is 0.333. The van der Waals surface area contributed by atoms with Gasteiger partial charge < -0.3 is 4.57 Å². The molecule has 0 N–H and O–H groups in total. The molecule has 0 saturated heterocycles. The molecule has 1 aliphatic rings. The van der Waals surface area contributed by atoms with Gasteiger partial charge in [0.05, 0.1) is 0 Å². The van der Waals surface area contributed by atoms with E-state index in [2.05, 4.69) is 42.0 Å². The van der Waals surface area contributed by atoms with Crippen molar-refractivity contribution in [3.63, 3.8) is 0 Å². The summed E-state index contributed by atoms with van der Waals surface area (Å²) in [6, 6.07) is 9.47. The van der Waals surface area contributed by atoms with E-state index < -0.39 is 0 Å². The molecule has 0 radical (unpaired) electrons. The number of nitrogens with zero attached hydrogens (tertiary/aromatic N) is 1. The lowest BCUT2D eigenvalue weighted by Crippen LogP contribution is -1.89. The molecule has 1 aliphatic carbocycles. The minimum Gasteiger partial charge on any atom is -0.344 e. The molecule has 1 nitrogen and oxygen atoms in total. The van der Waals surface area contributed by atoms with E-state index in [1.54, 1.807) is 0 Å². The van der Waals surface area contributed by atoms with E-state index in [1.807, 2.05) is 0 Å². The van der Waals surface area contributed by atoms with Gasteiger partial charge in [-0.05, 0) is 31.4 Å². The number of hydrogen-bond acceptors (Lipinski definition) is 0. The summed E-state index contributed by atoms with van der Waals surface area (Å²) in [6.45, 7) is 2.20. The number of rotatable bonds is 1. The molecule has 66 valence electrons. The van der Waals surface area contributed by atoms with Crippen LogP contribution in [0.25, 0.3) is 10.9 Å². The second-order valence-corrected chi connectivity index (χ2v) is 3.97. The predicted octanol–water partition coefficient (Wildman–Crippen LogP) is 3.28. The maximum atomic E-state index is 2.44. The lowest BCUT2D eigenvalue weighted by molar-refractivity contribution is 0.774. The third kappa shape index (κ3) is 0.998. The molecule has 0 bridgehead atoms. The Kier molecular flexibility index (Phi) is 1.32. The summed E-state index contributed by atoms with van der Waals surface area (Å²) in [5, 5.41) is 1.41. The van der Waals surface area contributed by atoms with Crippen LogP contribution in [-0.2, 0) is 0 Å². The van der Waals surface area contributed by atoms with E-state index in [4.69, 9.17) is 0 Å². The zero-order valence-corrected chi connectivity index (χ0v) is 7.83. The first-order chi connectivity index (χ1) is 6.36. The average molecular weight is 171 g/mol.